The molecule has 0 saturated heterocycles. The van der Waals surface area contributed by atoms with Gasteiger partial charge in [0.15, 0.2) is 0 Å². The van der Waals surface area contributed by atoms with E-state index in [0.717, 1.165) is 16.5 Å². The maximum absolute atomic E-state index is 12.5. The van der Waals surface area contributed by atoms with Crippen molar-refractivity contribution >= 4 is 31.8 Å². The molecule has 0 aliphatic carbocycles. The highest BCUT2D eigenvalue weighted by atomic mass is 79.9. The Labute approximate surface area is 139 Å². The topological polar surface area (TPSA) is 57.9 Å². The largest absolute Gasteiger partial charge is 0.218 e. The first-order valence-corrected chi connectivity index (χ1v) is 8.96. The average Bonchev–Trinajstić information content (AvgIpc) is 2.53. The van der Waals surface area contributed by atoms with E-state index in [9.17, 15) is 13.7 Å². The third-order valence-corrected chi connectivity index (χ3v) is 5.42. The van der Waals surface area contributed by atoms with Gasteiger partial charge in [-0.1, -0.05) is 47.1 Å². The van der Waals surface area contributed by atoms with E-state index in [2.05, 4.69) is 15.9 Å². The molecular formula is C17H14BrNO2S. The number of nitrogens with zero attached hydrogens (tertiary/aromatic N) is 1. The van der Waals surface area contributed by atoms with Crippen LogP contribution in [0.4, 0.5) is 0 Å². The van der Waals surface area contributed by atoms with Crippen LogP contribution in [0.1, 0.15) is 18.1 Å². The van der Waals surface area contributed by atoms with Crippen LogP contribution in [0.5, 0.6) is 0 Å². The Morgan fingerprint density at radius 1 is 1.14 bits per heavy atom. The Kier molecular flexibility index (Phi) is 5.17. The molecule has 112 valence electrons. The SMILES string of the molecule is CCc1ccc(C=C(C#N)S(=O)(=O)c2ccc(Br)cc2)cc1. The van der Waals surface area contributed by atoms with Gasteiger partial charge >= 0.3 is 0 Å². The summed E-state index contributed by atoms with van der Waals surface area (Å²) in [6, 6.07) is 15.5. The fraction of sp³-hybridized carbons (Fsp3) is 0.118. The second kappa shape index (κ2) is 6.91. The van der Waals surface area contributed by atoms with Crippen LogP contribution in [-0.2, 0) is 16.3 Å². The Balaban J connectivity index is 2.43. The van der Waals surface area contributed by atoms with Crippen LogP contribution in [0, 0.1) is 11.3 Å². The molecule has 0 amide bonds. The van der Waals surface area contributed by atoms with Crippen LogP contribution in [0.3, 0.4) is 0 Å². The molecule has 2 aromatic carbocycles. The highest BCUT2D eigenvalue weighted by molar-refractivity contribution is 9.10. The van der Waals surface area contributed by atoms with Crippen LogP contribution >= 0.6 is 15.9 Å². The van der Waals surface area contributed by atoms with E-state index < -0.39 is 9.84 Å². The standard InChI is InChI=1S/C17H14BrNO2S/c1-2-13-3-5-14(6-4-13)11-17(12-19)22(20,21)16-9-7-15(18)8-10-16/h3-11H,2H2,1H3. The van der Waals surface area contributed by atoms with Gasteiger partial charge in [-0.3, -0.25) is 0 Å². The zero-order valence-electron chi connectivity index (χ0n) is 12.0. The minimum atomic E-state index is -3.80. The van der Waals surface area contributed by atoms with Gasteiger partial charge < -0.3 is 0 Å². The van der Waals surface area contributed by atoms with E-state index in [1.165, 1.54) is 18.2 Å². The molecule has 0 fully saturated rings. The van der Waals surface area contributed by atoms with Crippen molar-refractivity contribution in [2.45, 2.75) is 18.2 Å². The maximum atomic E-state index is 12.5. The lowest BCUT2D eigenvalue weighted by Gasteiger charge is -2.04. The summed E-state index contributed by atoms with van der Waals surface area (Å²) in [5, 5.41) is 9.23. The number of aryl methyl sites for hydroxylation is 1. The summed E-state index contributed by atoms with van der Waals surface area (Å²) in [7, 11) is -3.80. The van der Waals surface area contributed by atoms with Gasteiger partial charge in [-0.15, -0.1) is 0 Å². The summed E-state index contributed by atoms with van der Waals surface area (Å²) >= 11 is 3.26. The highest BCUT2D eigenvalue weighted by Crippen LogP contribution is 2.23. The van der Waals surface area contributed by atoms with E-state index in [4.69, 9.17) is 0 Å². The van der Waals surface area contributed by atoms with Gasteiger partial charge in [0.25, 0.3) is 0 Å². The summed E-state index contributed by atoms with van der Waals surface area (Å²) < 4.78 is 25.8. The lowest BCUT2D eigenvalue weighted by Crippen LogP contribution is -2.03. The molecule has 0 bridgehead atoms. The molecule has 5 heteroatoms. The van der Waals surface area contributed by atoms with E-state index in [1.807, 2.05) is 31.2 Å². The molecule has 0 aliphatic heterocycles. The summed E-state index contributed by atoms with van der Waals surface area (Å²) in [4.78, 5) is -0.159. The predicted octanol–water partition coefficient (Wildman–Crippen LogP) is 4.35. The molecule has 2 rings (SSSR count). The molecule has 22 heavy (non-hydrogen) atoms. The fourth-order valence-electron chi connectivity index (χ4n) is 1.91. The van der Waals surface area contributed by atoms with E-state index in [0.29, 0.717) is 5.56 Å². The van der Waals surface area contributed by atoms with Crippen LogP contribution < -0.4 is 0 Å². The van der Waals surface area contributed by atoms with Crippen molar-refractivity contribution < 1.29 is 8.42 Å². The van der Waals surface area contributed by atoms with Crippen LogP contribution in [-0.4, -0.2) is 8.42 Å². The Morgan fingerprint density at radius 2 is 1.73 bits per heavy atom. The van der Waals surface area contributed by atoms with Crippen molar-refractivity contribution in [2.75, 3.05) is 0 Å². The van der Waals surface area contributed by atoms with Crippen LogP contribution in [0.15, 0.2) is 62.8 Å². The first-order valence-electron chi connectivity index (χ1n) is 6.68. The zero-order valence-corrected chi connectivity index (χ0v) is 14.4. The molecule has 0 atom stereocenters. The molecule has 0 radical (unpaired) electrons. The molecule has 0 aromatic heterocycles. The van der Waals surface area contributed by atoms with Crippen LogP contribution in [0.2, 0.25) is 0 Å². The van der Waals surface area contributed by atoms with Crippen molar-refractivity contribution in [1.29, 1.82) is 5.26 Å². The second-order valence-corrected chi connectivity index (χ2v) is 7.51. The van der Waals surface area contributed by atoms with Crippen molar-refractivity contribution in [1.82, 2.24) is 0 Å². The van der Waals surface area contributed by atoms with Crippen LogP contribution in [0.25, 0.3) is 6.08 Å². The minimum Gasteiger partial charge on any atom is -0.218 e. The van der Waals surface area contributed by atoms with Gasteiger partial charge in [-0.25, -0.2) is 8.42 Å². The van der Waals surface area contributed by atoms with E-state index in [1.54, 1.807) is 18.2 Å². The average molecular weight is 376 g/mol. The van der Waals surface area contributed by atoms with Crippen molar-refractivity contribution in [2.24, 2.45) is 0 Å². The summed E-state index contributed by atoms with van der Waals surface area (Å²) in [6.45, 7) is 2.05. The van der Waals surface area contributed by atoms with Gasteiger partial charge in [0.1, 0.15) is 11.0 Å². The second-order valence-electron chi connectivity index (χ2n) is 4.67. The highest BCUT2D eigenvalue weighted by Gasteiger charge is 2.20. The Bertz CT molecular complexity index is 830. The normalized spacial score (nSPS) is 12.0. The number of rotatable bonds is 4. The van der Waals surface area contributed by atoms with E-state index >= 15 is 0 Å². The Morgan fingerprint density at radius 3 is 2.23 bits per heavy atom. The fourth-order valence-corrected chi connectivity index (χ4v) is 3.34. The number of allylic oxidation sites excluding steroid dienone is 1. The predicted molar refractivity (Wildman–Crippen MR) is 90.7 cm³/mol. The summed E-state index contributed by atoms with van der Waals surface area (Å²) in [6.07, 6.45) is 2.31. The number of nitriles is 1. The van der Waals surface area contributed by atoms with Gasteiger partial charge in [-0.2, -0.15) is 5.26 Å². The smallest absolute Gasteiger partial charge is 0.216 e. The molecular weight excluding hydrogens is 362 g/mol. The minimum absolute atomic E-state index is 0.105. The monoisotopic (exact) mass is 375 g/mol. The van der Waals surface area contributed by atoms with Gasteiger partial charge in [0.05, 0.1) is 4.90 Å². The van der Waals surface area contributed by atoms with Gasteiger partial charge in [-0.05, 0) is 47.9 Å². The number of hydrogen-bond acceptors (Lipinski definition) is 3. The quantitative estimate of drug-likeness (QED) is 0.746. The first-order chi connectivity index (χ1) is 10.5. The van der Waals surface area contributed by atoms with Gasteiger partial charge in [0, 0.05) is 4.47 Å². The molecule has 3 nitrogen and oxygen atoms in total. The van der Waals surface area contributed by atoms with Crippen molar-refractivity contribution in [3.8, 4) is 6.07 Å². The van der Waals surface area contributed by atoms with Crippen molar-refractivity contribution in [3.05, 3.63) is 69.0 Å². The van der Waals surface area contributed by atoms with E-state index in [-0.39, 0.29) is 9.80 Å². The molecule has 0 aliphatic rings. The summed E-state index contributed by atoms with van der Waals surface area (Å²) in [5.41, 5.74) is 1.85. The molecule has 0 saturated carbocycles. The number of sulfone groups is 1. The Hall–Kier alpha value is -1.90. The summed E-state index contributed by atoms with van der Waals surface area (Å²) in [5.74, 6) is 0. The number of halogens is 1. The van der Waals surface area contributed by atoms with Crippen molar-refractivity contribution in [3.63, 3.8) is 0 Å². The molecule has 0 heterocycles. The molecule has 0 spiro atoms. The molecule has 0 unspecified atom stereocenters. The molecule has 0 N–H and O–H groups in total. The van der Waals surface area contributed by atoms with Gasteiger partial charge in [0.2, 0.25) is 9.84 Å². The third-order valence-electron chi connectivity index (χ3n) is 3.21. The maximum Gasteiger partial charge on any atom is 0.216 e. The number of benzene rings is 2. The lowest BCUT2D eigenvalue weighted by molar-refractivity contribution is 0.603. The first kappa shape index (κ1) is 16.5. The zero-order chi connectivity index (χ0) is 16.2. The number of hydrogen-bond donors (Lipinski definition) is 0. The molecule has 2 aromatic rings. The third kappa shape index (κ3) is 3.65. The lowest BCUT2D eigenvalue weighted by atomic mass is 10.1.